The highest BCUT2D eigenvalue weighted by Crippen LogP contribution is 2.45. The average molecular weight is 261 g/mol. The molecule has 0 unspecified atom stereocenters. The van der Waals surface area contributed by atoms with E-state index in [0.717, 1.165) is 19.6 Å². The van der Waals surface area contributed by atoms with E-state index in [-0.39, 0.29) is 0 Å². The third-order valence-corrected chi connectivity index (χ3v) is 4.80. The summed E-state index contributed by atoms with van der Waals surface area (Å²) in [4.78, 5) is 2.53. The molecule has 1 heterocycles. The Hall–Kier alpha value is -1.02. The molecule has 2 rings (SSSR count). The van der Waals surface area contributed by atoms with Crippen LogP contribution in [0.1, 0.15) is 44.7 Å². The first-order valence-corrected chi connectivity index (χ1v) is 7.58. The molecule has 0 aliphatic carbocycles. The van der Waals surface area contributed by atoms with E-state index in [1.807, 2.05) is 0 Å². The SMILES string of the molecule is CCN1CC(CC)(CC)c2cc(CCOC)ccc21. The van der Waals surface area contributed by atoms with Gasteiger partial charge in [-0.1, -0.05) is 26.0 Å². The van der Waals surface area contributed by atoms with Crippen LogP contribution in [-0.4, -0.2) is 26.8 Å². The Labute approximate surface area is 117 Å². The molecule has 0 N–H and O–H groups in total. The highest BCUT2D eigenvalue weighted by atomic mass is 16.5. The van der Waals surface area contributed by atoms with Gasteiger partial charge in [0.15, 0.2) is 0 Å². The lowest BCUT2D eigenvalue weighted by atomic mass is 9.77. The zero-order valence-corrected chi connectivity index (χ0v) is 12.8. The molecule has 0 amide bonds. The summed E-state index contributed by atoms with van der Waals surface area (Å²) in [5, 5.41) is 0. The normalized spacial score (nSPS) is 16.7. The van der Waals surface area contributed by atoms with E-state index in [9.17, 15) is 0 Å². The van der Waals surface area contributed by atoms with Crippen LogP contribution in [0, 0.1) is 0 Å². The fraction of sp³-hybridized carbons (Fsp3) is 0.647. The Balaban J connectivity index is 2.38. The van der Waals surface area contributed by atoms with Crippen molar-refractivity contribution in [1.29, 1.82) is 0 Å². The van der Waals surface area contributed by atoms with Gasteiger partial charge in [-0.2, -0.15) is 0 Å². The second kappa shape index (κ2) is 5.96. The molecular weight excluding hydrogens is 234 g/mol. The fourth-order valence-electron chi connectivity index (χ4n) is 3.33. The molecule has 0 atom stereocenters. The Kier molecular flexibility index (Phi) is 4.51. The number of likely N-dealkylation sites (N-methyl/N-ethyl adjacent to an activating group) is 1. The zero-order valence-electron chi connectivity index (χ0n) is 12.8. The largest absolute Gasteiger partial charge is 0.384 e. The highest BCUT2D eigenvalue weighted by molar-refractivity contribution is 5.63. The molecule has 0 radical (unpaired) electrons. The third kappa shape index (κ3) is 2.51. The number of nitrogens with zero attached hydrogens (tertiary/aromatic N) is 1. The molecule has 1 aromatic carbocycles. The topological polar surface area (TPSA) is 12.5 Å². The number of rotatable bonds is 6. The van der Waals surface area contributed by atoms with Gasteiger partial charge >= 0.3 is 0 Å². The first-order chi connectivity index (χ1) is 9.20. The first kappa shape index (κ1) is 14.4. The van der Waals surface area contributed by atoms with Crippen LogP contribution in [0.3, 0.4) is 0 Å². The minimum Gasteiger partial charge on any atom is -0.384 e. The van der Waals surface area contributed by atoms with Crippen LogP contribution >= 0.6 is 0 Å². The quantitative estimate of drug-likeness (QED) is 0.773. The van der Waals surface area contributed by atoms with E-state index in [2.05, 4.69) is 43.9 Å². The molecule has 2 heteroatoms. The number of fused-ring (bicyclic) bond motifs is 1. The summed E-state index contributed by atoms with van der Waals surface area (Å²) in [5.74, 6) is 0. The van der Waals surface area contributed by atoms with Crippen LogP contribution in [-0.2, 0) is 16.6 Å². The fourth-order valence-corrected chi connectivity index (χ4v) is 3.33. The summed E-state index contributed by atoms with van der Waals surface area (Å²) in [6.45, 7) is 10.00. The molecule has 2 nitrogen and oxygen atoms in total. The Morgan fingerprint density at radius 3 is 2.53 bits per heavy atom. The zero-order chi connectivity index (χ0) is 13.9. The van der Waals surface area contributed by atoms with E-state index in [4.69, 9.17) is 4.74 Å². The van der Waals surface area contributed by atoms with Gasteiger partial charge in [0, 0.05) is 31.3 Å². The summed E-state index contributed by atoms with van der Waals surface area (Å²) in [6, 6.07) is 7.01. The molecule has 0 bridgehead atoms. The van der Waals surface area contributed by atoms with Crippen LogP contribution in [0.4, 0.5) is 5.69 Å². The van der Waals surface area contributed by atoms with E-state index < -0.39 is 0 Å². The number of anilines is 1. The van der Waals surface area contributed by atoms with Crippen LogP contribution < -0.4 is 4.90 Å². The van der Waals surface area contributed by atoms with Gasteiger partial charge in [0.25, 0.3) is 0 Å². The predicted molar refractivity (Wildman–Crippen MR) is 82.2 cm³/mol. The van der Waals surface area contributed by atoms with Crippen LogP contribution in [0.5, 0.6) is 0 Å². The van der Waals surface area contributed by atoms with Gasteiger partial charge in [-0.05, 0) is 43.4 Å². The number of hydrogen-bond acceptors (Lipinski definition) is 2. The van der Waals surface area contributed by atoms with Gasteiger partial charge < -0.3 is 9.64 Å². The third-order valence-electron chi connectivity index (χ3n) is 4.80. The molecule has 0 saturated heterocycles. The molecule has 1 aromatic rings. The van der Waals surface area contributed by atoms with Crippen LogP contribution in [0.25, 0.3) is 0 Å². The Morgan fingerprint density at radius 2 is 1.95 bits per heavy atom. The Morgan fingerprint density at radius 1 is 1.21 bits per heavy atom. The first-order valence-electron chi connectivity index (χ1n) is 7.58. The van der Waals surface area contributed by atoms with Crippen molar-refractivity contribution in [3.8, 4) is 0 Å². The smallest absolute Gasteiger partial charge is 0.0502 e. The van der Waals surface area contributed by atoms with Crippen molar-refractivity contribution < 1.29 is 4.74 Å². The number of methoxy groups -OCH3 is 1. The monoisotopic (exact) mass is 261 g/mol. The molecule has 1 aliphatic heterocycles. The maximum Gasteiger partial charge on any atom is 0.0502 e. The molecular formula is C17H27NO. The predicted octanol–water partition coefficient (Wildman–Crippen LogP) is 3.77. The van der Waals surface area contributed by atoms with Crippen molar-refractivity contribution in [2.45, 2.75) is 45.4 Å². The van der Waals surface area contributed by atoms with Crippen molar-refractivity contribution in [2.75, 3.05) is 31.7 Å². The minimum atomic E-state index is 0.356. The summed E-state index contributed by atoms with van der Waals surface area (Å²) in [6.07, 6.45) is 3.46. The second-order valence-electron chi connectivity index (χ2n) is 5.60. The lowest BCUT2D eigenvalue weighted by Gasteiger charge is -2.28. The van der Waals surface area contributed by atoms with Crippen molar-refractivity contribution in [1.82, 2.24) is 0 Å². The van der Waals surface area contributed by atoms with Crippen molar-refractivity contribution >= 4 is 5.69 Å². The van der Waals surface area contributed by atoms with Gasteiger partial charge in [0.1, 0.15) is 0 Å². The lowest BCUT2D eigenvalue weighted by Crippen LogP contribution is -2.32. The number of hydrogen-bond donors (Lipinski definition) is 0. The van der Waals surface area contributed by atoms with Gasteiger partial charge in [0.2, 0.25) is 0 Å². The van der Waals surface area contributed by atoms with Crippen molar-refractivity contribution in [3.63, 3.8) is 0 Å². The lowest BCUT2D eigenvalue weighted by molar-refractivity contribution is 0.202. The molecule has 0 aromatic heterocycles. The minimum absolute atomic E-state index is 0.356. The van der Waals surface area contributed by atoms with Gasteiger partial charge in [-0.15, -0.1) is 0 Å². The van der Waals surface area contributed by atoms with E-state index >= 15 is 0 Å². The molecule has 0 fully saturated rings. The van der Waals surface area contributed by atoms with E-state index in [0.29, 0.717) is 5.41 Å². The Bertz CT molecular complexity index is 423. The summed E-state index contributed by atoms with van der Waals surface area (Å²) in [7, 11) is 1.77. The molecule has 19 heavy (non-hydrogen) atoms. The summed E-state index contributed by atoms with van der Waals surface area (Å²) in [5.41, 5.74) is 4.78. The summed E-state index contributed by atoms with van der Waals surface area (Å²) < 4.78 is 5.20. The maximum atomic E-state index is 5.20. The molecule has 1 aliphatic rings. The number of benzene rings is 1. The van der Waals surface area contributed by atoms with Crippen molar-refractivity contribution in [3.05, 3.63) is 29.3 Å². The highest BCUT2D eigenvalue weighted by Gasteiger charge is 2.39. The second-order valence-corrected chi connectivity index (χ2v) is 5.60. The molecule has 0 saturated carbocycles. The molecule has 0 spiro atoms. The summed E-state index contributed by atoms with van der Waals surface area (Å²) >= 11 is 0. The van der Waals surface area contributed by atoms with Crippen LogP contribution in [0.15, 0.2) is 18.2 Å². The van der Waals surface area contributed by atoms with Gasteiger partial charge in [0.05, 0.1) is 6.61 Å². The number of ether oxygens (including phenoxy) is 1. The van der Waals surface area contributed by atoms with E-state index in [1.165, 1.54) is 30.6 Å². The molecule has 106 valence electrons. The standard InChI is InChI=1S/C17H27NO/c1-5-17(6-2)13-18(7-3)16-9-8-14(10-11-19-4)12-15(16)17/h8-9,12H,5-7,10-11,13H2,1-4H3. The van der Waals surface area contributed by atoms with Crippen LogP contribution in [0.2, 0.25) is 0 Å². The van der Waals surface area contributed by atoms with E-state index in [1.54, 1.807) is 12.7 Å². The van der Waals surface area contributed by atoms with Gasteiger partial charge in [-0.3, -0.25) is 0 Å². The average Bonchev–Trinajstić information content (AvgIpc) is 2.79. The maximum absolute atomic E-state index is 5.20. The van der Waals surface area contributed by atoms with Gasteiger partial charge in [-0.25, -0.2) is 0 Å². The van der Waals surface area contributed by atoms with Crippen molar-refractivity contribution in [2.24, 2.45) is 0 Å².